The first-order valence-corrected chi connectivity index (χ1v) is 11.4. The van der Waals surface area contributed by atoms with Gasteiger partial charge in [0.05, 0.1) is 16.7 Å². The number of hydrogen-bond donors (Lipinski definition) is 1. The normalized spacial score (nSPS) is 21.6. The molecule has 2 aliphatic rings. The summed E-state index contributed by atoms with van der Waals surface area (Å²) in [6.07, 6.45) is 3.70. The molecule has 7 nitrogen and oxygen atoms in total. The van der Waals surface area contributed by atoms with Crippen LogP contribution in [0.4, 0.5) is 5.69 Å². The third-order valence-electron chi connectivity index (χ3n) is 6.19. The van der Waals surface area contributed by atoms with E-state index in [0.717, 1.165) is 35.2 Å². The summed E-state index contributed by atoms with van der Waals surface area (Å²) >= 11 is 1.51. The lowest BCUT2D eigenvalue weighted by Gasteiger charge is -2.30. The van der Waals surface area contributed by atoms with E-state index in [0.29, 0.717) is 11.8 Å². The number of nitrogens with zero attached hydrogens (tertiary/aromatic N) is 4. The number of fused-ring (bicyclic) bond motifs is 1. The fraction of sp³-hybridized carbons (Fsp3) is 0.333. The molecular weight excluding hydrogens is 424 g/mol. The number of hydrogen-bond acceptors (Lipinski definition) is 6. The third-order valence-corrected chi connectivity index (χ3v) is 7.25. The number of benzene rings is 1. The summed E-state index contributed by atoms with van der Waals surface area (Å²) in [5, 5.41) is 7.84. The van der Waals surface area contributed by atoms with E-state index in [2.05, 4.69) is 56.2 Å². The molecule has 0 saturated carbocycles. The second kappa shape index (κ2) is 9.48. The van der Waals surface area contributed by atoms with E-state index in [1.807, 2.05) is 32.3 Å². The molecule has 5 rings (SSSR count). The average Bonchev–Trinajstić information content (AvgIpc) is 3.47. The number of pyridine rings is 1. The number of likely N-dealkylation sites (tertiary alicyclic amines) is 1. The molecule has 2 saturated heterocycles. The van der Waals surface area contributed by atoms with Crippen molar-refractivity contribution in [3.05, 3.63) is 76.0 Å². The first-order chi connectivity index (χ1) is 15.5. The summed E-state index contributed by atoms with van der Waals surface area (Å²) in [7, 11) is 0. The van der Waals surface area contributed by atoms with Crippen LogP contribution in [0.15, 0.2) is 54.9 Å². The van der Waals surface area contributed by atoms with Gasteiger partial charge in [0, 0.05) is 49.6 Å². The van der Waals surface area contributed by atoms with Crippen molar-refractivity contribution in [3.63, 3.8) is 0 Å². The Hall–Kier alpha value is -3.26. The number of aromatic nitrogens is 2. The lowest BCUT2D eigenvalue weighted by Crippen LogP contribution is -2.35. The molecule has 32 heavy (non-hydrogen) atoms. The number of carbonyl (C=O) groups excluding carboxylic acids is 1. The summed E-state index contributed by atoms with van der Waals surface area (Å²) in [5.41, 5.74) is 3.29. The van der Waals surface area contributed by atoms with Crippen LogP contribution in [0.25, 0.3) is 0 Å². The second-order valence-electron chi connectivity index (χ2n) is 8.10. The van der Waals surface area contributed by atoms with Crippen molar-refractivity contribution >= 4 is 29.4 Å². The van der Waals surface area contributed by atoms with Gasteiger partial charge in [-0.15, -0.1) is 11.3 Å². The van der Waals surface area contributed by atoms with Crippen LogP contribution in [0.3, 0.4) is 0 Å². The highest BCUT2D eigenvalue weighted by atomic mass is 32.1. The van der Waals surface area contributed by atoms with Crippen LogP contribution >= 0.6 is 11.3 Å². The number of carboxylic acid groups (broad SMARTS) is 1. The first-order valence-electron chi connectivity index (χ1n) is 10.6. The number of rotatable bonds is 3. The largest absolute Gasteiger partial charge is 0.483 e. The Kier molecular flexibility index (Phi) is 6.50. The molecule has 1 amide bonds. The fourth-order valence-corrected chi connectivity index (χ4v) is 5.83. The van der Waals surface area contributed by atoms with Crippen LogP contribution in [0.1, 0.15) is 32.0 Å². The Balaban J connectivity index is 0.000000775. The van der Waals surface area contributed by atoms with Gasteiger partial charge in [-0.1, -0.05) is 30.3 Å². The van der Waals surface area contributed by atoms with E-state index >= 15 is 0 Å². The van der Waals surface area contributed by atoms with E-state index in [9.17, 15) is 4.79 Å². The minimum atomic E-state index is -0.250. The van der Waals surface area contributed by atoms with Crippen molar-refractivity contribution in [2.24, 2.45) is 11.8 Å². The van der Waals surface area contributed by atoms with Crippen LogP contribution in [0, 0.1) is 25.7 Å². The quantitative estimate of drug-likeness (QED) is 0.611. The van der Waals surface area contributed by atoms with Gasteiger partial charge in [-0.25, -0.2) is 4.98 Å². The maximum atomic E-state index is 13.5. The fourth-order valence-electron chi connectivity index (χ4n) is 4.96. The Morgan fingerprint density at radius 2 is 1.78 bits per heavy atom. The zero-order chi connectivity index (χ0) is 22.7. The topological polar surface area (TPSA) is 86.6 Å². The van der Waals surface area contributed by atoms with Crippen molar-refractivity contribution in [3.8, 4) is 0 Å². The molecule has 166 valence electrons. The molecule has 3 aromatic rings. The highest BCUT2D eigenvalue weighted by Gasteiger charge is 2.49. The van der Waals surface area contributed by atoms with Gasteiger partial charge in [-0.3, -0.25) is 14.6 Å². The monoisotopic (exact) mass is 450 g/mol. The third kappa shape index (κ3) is 4.23. The maximum Gasteiger partial charge on any atom is 0.290 e. The number of carbonyl (C=O) groups is 2. The lowest BCUT2D eigenvalue weighted by atomic mass is 9.89. The number of anilines is 1. The number of amides is 1. The molecule has 0 aliphatic carbocycles. The van der Waals surface area contributed by atoms with E-state index in [1.54, 1.807) is 0 Å². The predicted molar refractivity (Wildman–Crippen MR) is 124 cm³/mol. The lowest BCUT2D eigenvalue weighted by molar-refractivity contribution is -0.122. The highest BCUT2D eigenvalue weighted by Crippen LogP contribution is 2.46. The zero-order valence-corrected chi connectivity index (χ0v) is 18.9. The van der Waals surface area contributed by atoms with E-state index < -0.39 is 0 Å². The predicted octanol–water partition coefficient (Wildman–Crippen LogP) is 3.81. The van der Waals surface area contributed by atoms with Gasteiger partial charge in [-0.05, 0) is 31.5 Å². The Labute approximate surface area is 191 Å². The van der Waals surface area contributed by atoms with E-state index in [1.165, 1.54) is 22.6 Å². The van der Waals surface area contributed by atoms with E-state index in [4.69, 9.17) is 9.90 Å². The van der Waals surface area contributed by atoms with Crippen molar-refractivity contribution in [2.45, 2.75) is 19.9 Å². The van der Waals surface area contributed by atoms with Crippen molar-refractivity contribution in [1.29, 1.82) is 0 Å². The molecule has 8 heteroatoms. The van der Waals surface area contributed by atoms with E-state index in [-0.39, 0.29) is 18.4 Å². The molecule has 1 N–H and O–H groups in total. The van der Waals surface area contributed by atoms with Gasteiger partial charge < -0.3 is 14.9 Å². The second-order valence-corrected chi connectivity index (χ2v) is 9.30. The van der Waals surface area contributed by atoms with Crippen molar-refractivity contribution < 1.29 is 14.7 Å². The number of aryl methyl sites for hydroxylation is 2. The minimum absolute atomic E-state index is 0.0994. The standard InChI is InChI=1S/C23H24N4OS.CH2O2/c1-15-22(29-16(2)25-15)23(28)27-13-18-12-26(19-8-10-24-11-9-19)14-20(18)21(27)17-6-4-3-5-7-17;2-1-3/h3-11,18,20-21H,12-14H2,1-2H3;1H,(H,2,3)/t18-,20-,21+;/m0./s1. The van der Waals surface area contributed by atoms with Gasteiger partial charge in [-0.2, -0.15) is 0 Å². The Morgan fingerprint density at radius 3 is 2.41 bits per heavy atom. The van der Waals surface area contributed by atoms with Gasteiger partial charge in [0.25, 0.3) is 12.4 Å². The molecule has 3 atom stereocenters. The van der Waals surface area contributed by atoms with Crippen molar-refractivity contribution in [1.82, 2.24) is 14.9 Å². The number of thiazole rings is 1. The van der Waals surface area contributed by atoms with Gasteiger partial charge in [0.2, 0.25) is 0 Å². The molecule has 2 aromatic heterocycles. The van der Waals surface area contributed by atoms with Gasteiger partial charge in [0.15, 0.2) is 0 Å². The molecule has 2 aliphatic heterocycles. The first kappa shape index (κ1) is 22.0. The molecular formula is C24H26N4O3S. The van der Waals surface area contributed by atoms with Crippen LogP contribution in [0.2, 0.25) is 0 Å². The summed E-state index contributed by atoms with van der Waals surface area (Å²) < 4.78 is 0. The molecule has 0 bridgehead atoms. The van der Waals surface area contributed by atoms with Crippen LogP contribution < -0.4 is 4.90 Å². The summed E-state index contributed by atoms with van der Waals surface area (Å²) in [5.74, 6) is 1.02. The molecule has 0 unspecified atom stereocenters. The Bertz CT molecular complexity index is 1070. The molecule has 0 radical (unpaired) electrons. The summed E-state index contributed by atoms with van der Waals surface area (Å²) in [4.78, 5) is 35.8. The molecule has 2 fully saturated rings. The summed E-state index contributed by atoms with van der Waals surface area (Å²) in [6.45, 7) is 6.38. The molecule has 0 spiro atoms. The SMILES string of the molecule is Cc1nc(C)c(C(=O)N2C[C@@H]3CN(c4ccncc4)C[C@@H]3[C@H]2c2ccccc2)s1.O=CO. The zero-order valence-electron chi connectivity index (χ0n) is 18.1. The highest BCUT2D eigenvalue weighted by molar-refractivity contribution is 7.13. The smallest absolute Gasteiger partial charge is 0.290 e. The summed E-state index contributed by atoms with van der Waals surface area (Å²) in [6, 6.07) is 14.8. The van der Waals surface area contributed by atoms with Crippen molar-refractivity contribution in [2.75, 3.05) is 24.5 Å². The van der Waals surface area contributed by atoms with Crippen LogP contribution in [0.5, 0.6) is 0 Å². The minimum Gasteiger partial charge on any atom is -0.483 e. The van der Waals surface area contributed by atoms with Crippen LogP contribution in [-0.2, 0) is 4.79 Å². The van der Waals surface area contributed by atoms with Gasteiger partial charge in [0.1, 0.15) is 4.88 Å². The average molecular weight is 451 g/mol. The molecule has 1 aromatic carbocycles. The maximum absolute atomic E-state index is 13.5. The Morgan fingerprint density at radius 1 is 1.09 bits per heavy atom. The van der Waals surface area contributed by atoms with Crippen LogP contribution in [-0.4, -0.2) is 52.0 Å². The molecule has 4 heterocycles. The van der Waals surface area contributed by atoms with Gasteiger partial charge >= 0.3 is 0 Å².